The Bertz CT molecular complexity index is 555. The summed E-state index contributed by atoms with van der Waals surface area (Å²) in [5.74, 6) is 1.82. The monoisotopic (exact) mass is 334 g/mol. The summed E-state index contributed by atoms with van der Waals surface area (Å²) < 4.78 is 0. The molecule has 0 saturated heterocycles. The van der Waals surface area contributed by atoms with Gasteiger partial charge in [0.15, 0.2) is 0 Å². The highest BCUT2D eigenvalue weighted by Gasteiger charge is 2.64. The van der Waals surface area contributed by atoms with E-state index in [1.165, 1.54) is 5.57 Å². The van der Waals surface area contributed by atoms with Crippen LogP contribution in [0.25, 0.3) is 0 Å². The normalized spacial score (nSPS) is 55.2. The molecule has 0 aliphatic heterocycles. The lowest BCUT2D eigenvalue weighted by Crippen LogP contribution is -2.58. The molecule has 0 aromatic carbocycles. The number of allylic oxidation sites excluding steroid dienone is 1. The summed E-state index contributed by atoms with van der Waals surface area (Å²) in [5.41, 5.74) is 0.665. The molecule has 3 heteroatoms. The molecule has 3 N–H and O–H groups in total. The van der Waals surface area contributed by atoms with Crippen molar-refractivity contribution in [2.24, 2.45) is 28.6 Å². The van der Waals surface area contributed by atoms with Crippen molar-refractivity contribution in [1.29, 1.82) is 0 Å². The minimum absolute atomic E-state index is 0.151. The zero-order valence-corrected chi connectivity index (χ0v) is 15.5. The maximum atomic E-state index is 11.2. The number of aliphatic hydroxyl groups excluding tert-OH is 2. The molecule has 24 heavy (non-hydrogen) atoms. The molecule has 0 heterocycles. The van der Waals surface area contributed by atoms with Crippen LogP contribution in [0.1, 0.15) is 72.1 Å². The molecule has 3 nitrogen and oxygen atoms in total. The molecule has 4 rings (SSSR count). The third-order valence-electron chi connectivity index (χ3n) is 8.98. The van der Waals surface area contributed by atoms with E-state index in [9.17, 15) is 15.3 Å². The fourth-order valence-electron chi connectivity index (χ4n) is 7.38. The van der Waals surface area contributed by atoms with Crippen molar-refractivity contribution >= 4 is 0 Å². The van der Waals surface area contributed by atoms with Crippen LogP contribution in [0.5, 0.6) is 0 Å². The SMILES string of the molecule is C[C@H](O)[C@@]1(O)CC[C@@H]2[C@@H]3CC=C4C[C@@H](O)CC[C@]4(C)[C@H]3CC[C@@]21C. The average molecular weight is 335 g/mol. The van der Waals surface area contributed by atoms with E-state index in [0.717, 1.165) is 51.4 Å². The lowest BCUT2D eigenvalue weighted by Gasteiger charge is -2.59. The summed E-state index contributed by atoms with van der Waals surface area (Å²) in [7, 11) is 0. The molecule has 4 aliphatic carbocycles. The maximum Gasteiger partial charge on any atom is 0.0958 e. The molecule has 0 bridgehead atoms. The van der Waals surface area contributed by atoms with Crippen LogP contribution in [0.2, 0.25) is 0 Å². The van der Waals surface area contributed by atoms with Gasteiger partial charge in [-0.25, -0.2) is 0 Å². The van der Waals surface area contributed by atoms with Gasteiger partial charge in [0.2, 0.25) is 0 Å². The van der Waals surface area contributed by atoms with Gasteiger partial charge in [0, 0.05) is 5.41 Å². The van der Waals surface area contributed by atoms with Crippen molar-refractivity contribution in [3.63, 3.8) is 0 Å². The van der Waals surface area contributed by atoms with Crippen LogP contribution in [0.4, 0.5) is 0 Å². The van der Waals surface area contributed by atoms with Crippen molar-refractivity contribution < 1.29 is 15.3 Å². The topological polar surface area (TPSA) is 60.7 Å². The molecular formula is C21H34O3. The van der Waals surface area contributed by atoms with E-state index in [-0.39, 0.29) is 16.9 Å². The van der Waals surface area contributed by atoms with E-state index in [2.05, 4.69) is 19.9 Å². The van der Waals surface area contributed by atoms with Crippen LogP contribution in [-0.4, -0.2) is 33.1 Å². The molecule has 3 fully saturated rings. The van der Waals surface area contributed by atoms with Gasteiger partial charge in [0.05, 0.1) is 17.8 Å². The van der Waals surface area contributed by atoms with Crippen LogP contribution < -0.4 is 0 Å². The Kier molecular flexibility index (Phi) is 3.77. The Labute approximate surface area is 146 Å². The Morgan fingerprint density at radius 1 is 1.08 bits per heavy atom. The first-order chi connectivity index (χ1) is 11.2. The first kappa shape index (κ1) is 17.1. The quantitative estimate of drug-likeness (QED) is 0.644. The predicted octanol–water partition coefficient (Wildman–Crippen LogP) is 3.42. The number of fused-ring (bicyclic) bond motifs is 5. The van der Waals surface area contributed by atoms with Gasteiger partial charge in [-0.05, 0) is 81.5 Å². The lowest BCUT2D eigenvalue weighted by atomic mass is 9.46. The fraction of sp³-hybridized carbons (Fsp3) is 0.905. The summed E-state index contributed by atoms with van der Waals surface area (Å²) in [4.78, 5) is 0. The molecule has 0 aromatic heterocycles. The Morgan fingerprint density at radius 2 is 1.79 bits per heavy atom. The Hall–Kier alpha value is -0.380. The number of hydrogen-bond acceptors (Lipinski definition) is 3. The smallest absolute Gasteiger partial charge is 0.0958 e. The van der Waals surface area contributed by atoms with Crippen molar-refractivity contribution in [3.8, 4) is 0 Å². The average Bonchev–Trinajstić information content (AvgIpc) is 2.81. The molecule has 3 saturated carbocycles. The maximum absolute atomic E-state index is 11.2. The number of rotatable bonds is 1. The largest absolute Gasteiger partial charge is 0.393 e. The molecule has 4 aliphatic rings. The third kappa shape index (κ3) is 2.01. The molecule has 8 atom stereocenters. The fourth-order valence-corrected chi connectivity index (χ4v) is 7.38. The minimum Gasteiger partial charge on any atom is -0.393 e. The summed E-state index contributed by atoms with van der Waals surface area (Å²) in [5, 5.41) is 31.6. The third-order valence-corrected chi connectivity index (χ3v) is 8.98. The lowest BCUT2D eigenvalue weighted by molar-refractivity contribution is -0.170. The van der Waals surface area contributed by atoms with Crippen LogP contribution in [0.3, 0.4) is 0 Å². The van der Waals surface area contributed by atoms with Gasteiger partial charge >= 0.3 is 0 Å². The van der Waals surface area contributed by atoms with Crippen molar-refractivity contribution in [2.45, 2.75) is 89.9 Å². The first-order valence-corrected chi connectivity index (χ1v) is 10.0. The second-order valence-electron chi connectivity index (χ2n) is 9.75. The van der Waals surface area contributed by atoms with Gasteiger partial charge in [-0.15, -0.1) is 0 Å². The van der Waals surface area contributed by atoms with Gasteiger partial charge in [-0.2, -0.15) is 0 Å². The second kappa shape index (κ2) is 5.31. The summed E-state index contributed by atoms with van der Waals surface area (Å²) in [6.45, 7) is 6.43. The predicted molar refractivity (Wildman–Crippen MR) is 94.3 cm³/mol. The highest BCUT2D eigenvalue weighted by atomic mass is 16.3. The zero-order valence-electron chi connectivity index (χ0n) is 15.5. The van der Waals surface area contributed by atoms with Crippen molar-refractivity contribution in [3.05, 3.63) is 11.6 Å². The highest BCUT2D eigenvalue weighted by molar-refractivity contribution is 5.26. The Morgan fingerprint density at radius 3 is 2.50 bits per heavy atom. The molecule has 0 amide bonds. The van der Waals surface area contributed by atoms with Crippen LogP contribution in [0.15, 0.2) is 11.6 Å². The second-order valence-corrected chi connectivity index (χ2v) is 9.75. The molecule has 0 radical (unpaired) electrons. The van der Waals surface area contributed by atoms with Gasteiger partial charge < -0.3 is 15.3 Å². The van der Waals surface area contributed by atoms with E-state index in [1.807, 2.05) is 0 Å². The van der Waals surface area contributed by atoms with E-state index in [4.69, 9.17) is 0 Å². The molecule has 0 unspecified atom stereocenters. The number of hydrogen-bond donors (Lipinski definition) is 3. The minimum atomic E-state index is -0.920. The number of aliphatic hydroxyl groups is 3. The highest BCUT2D eigenvalue weighted by Crippen LogP contribution is 2.67. The van der Waals surface area contributed by atoms with E-state index in [0.29, 0.717) is 17.8 Å². The van der Waals surface area contributed by atoms with Crippen LogP contribution in [-0.2, 0) is 0 Å². The van der Waals surface area contributed by atoms with E-state index < -0.39 is 11.7 Å². The summed E-state index contributed by atoms with van der Waals surface area (Å²) >= 11 is 0. The molecule has 0 spiro atoms. The van der Waals surface area contributed by atoms with Crippen LogP contribution >= 0.6 is 0 Å². The molecule has 136 valence electrons. The van der Waals surface area contributed by atoms with Crippen LogP contribution in [0, 0.1) is 28.6 Å². The summed E-state index contributed by atoms with van der Waals surface area (Å²) in [6, 6.07) is 0. The first-order valence-electron chi connectivity index (χ1n) is 10.0. The van der Waals surface area contributed by atoms with Gasteiger partial charge in [0.25, 0.3) is 0 Å². The zero-order chi connectivity index (χ0) is 17.3. The van der Waals surface area contributed by atoms with Crippen molar-refractivity contribution in [2.75, 3.05) is 0 Å². The van der Waals surface area contributed by atoms with Gasteiger partial charge in [-0.3, -0.25) is 0 Å². The van der Waals surface area contributed by atoms with Crippen molar-refractivity contribution in [1.82, 2.24) is 0 Å². The van der Waals surface area contributed by atoms with Gasteiger partial charge in [0.1, 0.15) is 0 Å². The van der Waals surface area contributed by atoms with Gasteiger partial charge in [-0.1, -0.05) is 25.5 Å². The Balaban J connectivity index is 1.68. The standard InChI is InChI=1S/C21H34O3/c1-13(22)21(24)11-8-18-16-5-4-14-12-15(23)6-9-19(14,2)17(16)7-10-20(18,21)3/h4,13,15-18,22-24H,5-12H2,1-3H3/t13-,15-,16+,17-,18+,19-,20-,21-/m0/s1. The van der Waals surface area contributed by atoms with E-state index in [1.54, 1.807) is 6.92 Å². The molecule has 0 aromatic rings. The summed E-state index contributed by atoms with van der Waals surface area (Å²) in [6.07, 6.45) is 9.56. The molecular weight excluding hydrogens is 300 g/mol. The van der Waals surface area contributed by atoms with E-state index >= 15 is 0 Å².